The van der Waals surface area contributed by atoms with E-state index in [0.29, 0.717) is 5.58 Å². The average molecular weight is 413 g/mol. The second-order valence-corrected chi connectivity index (χ2v) is 8.34. The Morgan fingerprint density at radius 1 is 1.33 bits per heavy atom. The van der Waals surface area contributed by atoms with Crippen LogP contribution in [0.15, 0.2) is 31.9 Å². The van der Waals surface area contributed by atoms with Gasteiger partial charge in [-0.3, -0.25) is 0 Å². The third-order valence-electron chi connectivity index (χ3n) is 3.29. The van der Waals surface area contributed by atoms with E-state index in [0.717, 1.165) is 19.5 Å². The molecule has 0 fully saturated rings. The topological polar surface area (TPSA) is 50.5 Å². The van der Waals surface area contributed by atoms with Crippen molar-refractivity contribution in [2.24, 2.45) is 0 Å². The van der Waals surface area contributed by atoms with Gasteiger partial charge >= 0.3 is 135 Å². The van der Waals surface area contributed by atoms with E-state index in [1.807, 2.05) is 12.1 Å². The normalized spacial score (nSPS) is 11.2. The van der Waals surface area contributed by atoms with Gasteiger partial charge in [-0.1, -0.05) is 0 Å². The minimum atomic E-state index is -0.578. The Kier molecular flexibility index (Phi) is 3.56. The standard InChI is InChI=1S/C15H12BrNO3Se/c1-7-11(16)9-5-4-8-6-10(14(18)17(2)3)15(19)20-12(8)13(9)21-7/h4-6H,1-3H3. The van der Waals surface area contributed by atoms with Crippen molar-refractivity contribution in [2.45, 2.75) is 6.92 Å². The van der Waals surface area contributed by atoms with Crippen molar-refractivity contribution in [3.8, 4) is 0 Å². The molecular formula is C15H12BrNO3Se. The first-order valence-electron chi connectivity index (χ1n) is 6.27. The fourth-order valence-electron chi connectivity index (χ4n) is 2.21. The Morgan fingerprint density at radius 3 is 2.71 bits per heavy atom. The number of hydrogen-bond donors (Lipinski definition) is 0. The molecule has 6 heteroatoms. The molecular weight excluding hydrogens is 401 g/mol. The van der Waals surface area contributed by atoms with Gasteiger partial charge in [-0.15, -0.1) is 0 Å². The molecule has 1 aromatic carbocycles. The van der Waals surface area contributed by atoms with Crippen molar-refractivity contribution < 1.29 is 9.21 Å². The van der Waals surface area contributed by atoms with Gasteiger partial charge in [0, 0.05) is 0 Å². The molecule has 2 aromatic heterocycles. The predicted octanol–water partition coefficient (Wildman–Crippen LogP) is 2.78. The Labute approximate surface area is 135 Å². The minimum absolute atomic E-state index is 0.0710. The molecule has 0 N–H and O–H groups in total. The second kappa shape index (κ2) is 5.13. The molecule has 0 aliphatic carbocycles. The summed E-state index contributed by atoms with van der Waals surface area (Å²) in [5.41, 5.74) is 0.0920. The van der Waals surface area contributed by atoms with Crippen molar-refractivity contribution in [2.75, 3.05) is 14.1 Å². The van der Waals surface area contributed by atoms with Crippen LogP contribution in [0.1, 0.15) is 14.8 Å². The first-order chi connectivity index (χ1) is 9.90. The van der Waals surface area contributed by atoms with Crippen LogP contribution >= 0.6 is 15.9 Å². The predicted molar refractivity (Wildman–Crippen MR) is 87.4 cm³/mol. The van der Waals surface area contributed by atoms with Gasteiger partial charge in [-0.05, 0) is 0 Å². The van der Waals surface area contributed by atoms with Crippen LogP contribution in [0.5, 0.6) is 0 Å². The number of amides is 1. The fourth-order valence-corrected chi connectivity index (χ4v) is 5.43. The summed E-state index contributed by atoms with van der Waals surface area (Å²) in [5.74, 6) is -0.341. The van der Waals surface area contributed by atoms with Crippen LogP contribution in [-0.4, -0.2) is 39.4 Å². The molecule has 0 aliphatic heterocycles. The van der Waals surface area contributed by atoms with Crippen LogP contribution in [0.2, 0.25) is 0 Å². The fraction of sp³-hybridized carbons (Fsp3) is 0.200. The number of nitrogens with zero attached hydrogens (tertiary/aromatic N) is 1. The van der Waals surface area contributed by atoms with E-state index in [2.05, 4.69) is 22.9 Å². The van der Waals surface area contributed by atoms with Gasteiger partial charge in [-0.25, -0.2) is 0 Å². The van der Waals surface area contributed by atoms with E-state index in [4.69, 9.17) is 4.42 Å². The van der Waals surface area contributed by atoms with Crippen LogP contribution in [0.4, 0.5) is 0 Å². The number of halogens is 1. The molecule has 108 valence electrons. The number of rotatable bonds is 1. The number of fused-ring (bicyclic) bond motifs is 3. The zero-order valence-corrected chi connectivity index (χ0v) is 15.0. The SMILES string of the molecule is Cc1[se]c2c(ccc3cc(C(=O)N(C)C)c(=O)oc32)c1Br. The summed E-state index contributed by atoms with van der Waals surface area (Å²) in [7, 11) is 3.23. The number of carbonyl (C=O) groups is 1. The summed E-state index contributed by atoms with van der Waals surface area (Å²) in [6.45, 7) is 2.07. The number of hydrogen-bond acceptors (Lipinski definition) is 3. The second-order valence-electron chi connectivity index (χ2n) is 4.98. The first kappa shape index (κ1) is 14.6. The maximum absolute atomic E-state index is 12.1. The van der Waals surface area contributed by atoms with Crippen molar-refractivity contribution in [1.82, 2.24) is 4.90 Å². The van der Waals surface area contributed by atoms with E-state index < -0.39 is 5.63 Å². The molecule has 2 heterocycles. The van der Waals surface area contributed by atoms with Gasteiger partial charge in [0.15, 0.2) is 0 Å². The van der Waals surface area contributed by atoms with Crippen molar-refractivity contribution >= 4 is 57.0 Å². The molecule has 0 bridgehead atoms. The molecule has 3 aromatic rings. The summed E-state index contributed by atoms with van der Waals surface area (Å²) in [4.78, 5) is 25.5. The van der Waals surface area contributed by atoms with E-state index in [-0.39, 0.29) is 26.0 Å². The summed E-state index contributed by atoms with van der Waals surface area (Å²) >= 11 is 3.71. The van der Waals surface area contributed by atoms with E-state index in [1.165, 1.54) is 9.34 Å². The Morgan fingerprint density at radius 2 is 2.05 bits per heavy atom. The number of aryl methyl sites for hydroxylation is 1. The summed E-state index contributed by atoms with van der Waals surface area (Å²) in [6.07, 6.45) is 0. The van der Waals surface area contributed by atoms with E-state index in [9.17, 15) is 9.59 Å². The summed E-state index contributed by atoms with van der Waals surface area (Å²) < 4.78 is 8.87. The van der Waals surface area contributed by atoms with Gasteiger partial charge < -0.3 is 0 Å². The third-order valence-corrected chi connectivity index (χ3v) is 7.26. The molecule has 4 nitrogen and oxygen atoms in total. The molecule has 3 rings (SSSR count). The third kappa shape index (κ3) is 2.27. The molecule has 0 radical (unpaired) electrons. The molecule has 0 saturated heterocycles. The van der Waals surface area contributed by atoms with Crippen LogP contribution in [0, 0.1) is 6.92 Å². The monoisotopic (exact) mass is 413 g/mol. The zero-order chi connectivity index (χ0) is 15.3. The summed E-state index contributed by atoms with van der Waals surface area (Å²) in [5, 5.41) is 1.87. The molecule has 0 aliphatic rings. The number of carbonyl (C=O) groups excluding carboxylic acids is 1. The van der Waals surface area contributed by atoms with Crippen LogP contribution < -0.4 is 5.63 Å². The number of benzene rings is 1. The van der Waals surface area contributed by atoms with Crippen LogP contribution in [-0.2, 0) is 0 Å². The van der Waals surface area contributed by atoms with Crippen molar-refractivity contribution in [1.29, 1.82) is 0 Å². The van der Waals surface area contributed by atoms with E-state index in [1.54, 1.807) is 20.2 Å². The van der Waals surface area contributed by atoms with Crippen LogP contribution in [0.3, 0.4) is 0 Å². The Balaban J connectivity index is 2.37. The molecule has 0 saturated carbocycles. The average Bonchev–Trinajstić information content (AvgIpc) is 2.73. The van der Waals surface area contributed by atoms with E-state index >= 15 is 0 Å². The Bertz CT molecular complexity index is 939. The van der Waals surface area contributed by atoms with Gasteiger partial charge in [0.25, 0.3) is 0 Å². The van der Waals surface area contributed by atoms with Crippen molar-refractivity contribution in [3.63, 3.8) is 0 Å². The zero-order valence-electron chi connectivity index (χ0n) is 11.7. The van der Waals surface area contributed by atoms with Gasteiger partial charge in [0.2, 0.25) is 0 Å². The van der Waals surface area contributed by atoms with Crippen molar-refractivity contribution in [3.05, 3.63) is 43.1 Å². The molecule has 0 spiro atoms. The van der Waals surface area contributed by atoms with Gasteiger partial charge in [0.1, 0.15) is 0 Å². The molecule has 1 amide bonds. The van der Waals surface area contributed by atoms with Gasteiger partial charge in [-0.2, -0.15) is 0 Å². The van der Waals surface area contributed by atoms with Gasteiger partial charge in [0.05, 0.1) is 0 Å². The van der Waals surface area contributed by atoms with Crippen LogP contribution in [0.25, 0.3) is 20.6 Å². The molecule has 0 unspecified atom stereocenters. The quantitative estimate of drug-likeness (QED) is 0.456. The Hall–Kier alpha value is -1.36. The first-order valence-corrected chi connectivity index (χ1v) is 8.78. The summed E-state index contributed by atoms with van der Waals surface area (Å²) in [6, 6.07) is 5.52. The maximum atomic E-state index is 12.1. The molecule has 21 heavy (non-hydrogen) atoms. The molecule has 0 atom stereocenters.